The molecule has 1 heterocycles. The summed E-state index contributed by atoms with van der Waals surface area (Å²) in [6, 6.07) is 1.84. The second-order valence-electron chi connectivity index (χ2n) is 4.35. The summed E-state index contributed by atoms with van der Waals surface area (Å²) in [6.45, 7) is 3.23. The molecule has 1 rings (SSSR count). The third kappa shape index (κ3) is 4.95. The molecule has 3 nitrogen and oxygen atoms in total. The van der Waals surface area contributed by atoms with Crippen LogP contribution in [0.15, 0.2) is 15.9 Å². The van der Waals surface area contributed by atoms with E-state index in [1.165, 1.54) is 11.3 Å². The molecule has 0 aliphatic carbocycles. The summed E-state index contributed by atoms with van der Waals surface area (Å²) in [6.07, 6.45) is 0.262. The van der Waals surface area contributed by atoms with Gasteiger partial charge in [-0.3, -0.25) is 0 Å². The van der Waals surface area contributed by atoms with Crippen LogP contribution in [0.3, 0.4) is 0 Å². The molecule has 0 saturated carbocycles. The van der Waals surface area contributed by atoms with Gasteiger partial charge in [0.2, 0.25) is 0 Å². The van der Waals surface area contributed by atoms with Gasteiger partial charge in [0.15, 0.2) is 9.84 Å². The normalized spacial score (nSPS) is 13.0. The second-order valence-corrected chi connectivity index (χ2v) is 8.39. The van der Waals surface area contributed by atoms with Gasteiger partial charge in [-0.2, -0.15) is 0 Å². The lowest BCUT2D eigenvalue weighted by atomic mass is 10.1. The van der Waals surface area contributed by atoms with Gasteiger partial charge in [-0.25, -0.2) is 8.42 Å². The molecule has 0 radical (unpaired) electrons. The topological polar surface area (TPSA) is 54.4 Å². The summed E-state index contributed by atoms with van der Waals surface area (Å²) in [5.74, 6) is 0.0577. The minimum absolute atomic E-state index is 0.0147. The average molecular weight is 327 g/mol. The summed E-state index contributed by atoms with van der Waals surface area (Å²) in [4.78, 5) is 0.816. The molecule has 1 aromatic heterocycles. The van der Waals surface area contributed by atoms with Crippen molar-refractivity contribution in [3.63, 3.8) is 0 Å². The molecule has 0 amide bonds. The number of aliphatic hydroxyl groups is 1. The number of sulfone groups is 1. The summed E-state index contributed by atoms with van der Waals surface area (Å²) in [5.41, 5.74) is -0.931. The smallest absolute Gasteiger partial charge is 0.155 e. The van der Waals surface area contributed by atoms with Gasteiger partial charge in [0, 0.05) is 9.35 Å². The molecule has 0 aromatic carbocycles. The fraction of sp³-hybridized carbons (Fsp3) is 0.600. The van der Waals surface area contributed by atoms with Crippen LogP contribution in [0.2, 0.25) is 0 Å². The number of halogens is 1. The van der Waals surface area contributed by atoms with E-state index in [1.54, 1.807) is 13.8 Å². The molecule has 1 N–H and O–H groups in total. The first kappa shape index (κ1) is 14.2. The fourth-order valence-electron chi connectivity index (χ4n) is 1.11. The maximum Gasteiger partial charge on any atom is 0.155 e. The van der Waals surface area contributed by atoms with Gasteiger partial charge in [-0.05, 0) is 47.6 Å². The number of rotatable bonds is 5. The third-order valence-electron chi connectivity index (χ3n) is 2.07. The zero-order chi connectivity index (χ0) is 12.4. The highest BCUT2D eigenvalue weighted by Gasteiger charge is 2.20. The molecule has 92 valence electrons. The van der Waals surface area contributed by atoms with Gasteiger partial charge >= 0.3 is 0 Å². The van der Waals surface area contributed by atoms with Crippen LogP contribution < -0.4 is 0 Å². The van der Waals surface area contributed by atoms with Crippen LogP contribution in [0.25, 0.3) is 0 Å². The van der Waals surface area contributed by atoms with Crippen molar-refractivity contribution in [1.82, 2.24) is 0 Å². The van der Waals surface area contributed by atoms with Gasteiger partial charge in [0.25, 0.3) is 0 Å². The van der Waals surface area contributed by atoms with Crippen LogP contribution in [-0.2, 0) is 15.6 Å². The Balaban J connectivity index is 2.63. The lowest BCUT2D eigenvalue weighted by molar-refractivity contribution is 0.0772. The Morgan fingerprint density at radius 3 is 2.56 bits per heavy atom. The van der Waals surface area contributed by atoms with Crippen molar-refractivity contribution < 1.29 is 13.5 Å². The molecular formula is C10H15BrO3S2. The van der Waals surface area contributed by atoms with E-state index in [0.29, 0.717) is 0 Å². The van der Waals surface area contributed by atoms with Crippen molar-refractivity contribution in [1.29, 1.82) is 0 Å². The highest BCUT2D eigenvalue weighted by molar-refractivity contribution is 9.10. The lowest BCUT2D eigenvalue weighted by Gasteiger charge is -2.16. The molecule has 0 unspecified atom stereocenters. The van der Waals surface area contributed by atoms with E-state index in [0.717, 1.165) is 9.35 Å². The summed E-state index contributed by atoms with van der Waals surface area (Å²) >= 11 is 4.73. The zero-order valence-corrected chi connectivity index (χ0v) is 12.5. The van der Waals surface area contributed by atoms with E-state index in [1.807, 2.05) is 11.4 Å². The Bertz CT molecular complexity index is 443. The van der Waals surface area contributed by atoms with Crippen molar-refractivity contribution >= 4 is 37.1 Å². The summed E-state index contributed by atoms with van der Waals surface area (Å²) in [5, 5.41) is 11.3. The van der Waals surface area contributed by atoms with E-state index in [4.69, 9.17) is 0 Å². The van der Waals surface area contributed by atoms with Gasteiger partial charge in [-0.15, -0.1) is 11.3 Å². The molecule has 0 aliphatic rings. The SMILES string of the molecule is CC(C)(O)CCS(=O)(=O)Cc1sccc1Br. The minimum atomic E-state index is -3.14. The molecule has 6 heteroatoms. The van der Waals surface area contributed by atoms with Crippen LogP contribution in [-0.4, -0.2) is 24.9 Å². The largest absolute Gasteiger partial charge is 0.390 e. The molecule has 0 bridgehead atoms. The Labute approximate surface area is 109 Å². The van der Waals surface area contributed by atoms with E-state index in [9.17, 15) is 13.5 Å². The van der Waals surface area contributed by atoms with Crippen molar-refractivity contribution in [2.45, 2.75) is 31.6 Å². The summed E-state index contributed by atoms with van der Waals surface area (Å²) in [7, 11) is -3.14. The zero-order valence-electron chi connectivity index (χ0n) is 9.23. The highest BCUT2D eigenvalue weighted by atomic mass is 79.9. The van der Waals surface area contributed by atoms with Crippen molar-refractivity contribution in [2.75, 3.05) is 5.75 Å². The minimum Gasteiger partial charge on any atom is -0.390 e. The Morgan fingerprint density at radius 1 is 1.50 bits per heavy atom. The molecule has 0 spiro atoms. The summed E-state index contributed by atoms with van der Waals surface area (Å²) < 4.78 is 24.4. The molecule has 0 aliphatic heterocycles. The third-order valence-corrected chi connectivity index (χ3v) is 5.73. The Morgan fingerprint density at radius 2 is 2.12 bits per heavy atom. The van der Waals surface area contributed by atoms with Crippen LogP contribution in [0, 0.1) is 0 Å². The molecular weight excluding hydrogens is 312 g/mol. The molecule has 0 fully saturated rings. The lowest BCUT2D eigenvalue weighted by Crippen LogP contribution is -2.23. The van der Waals surface area contributed by atoms with E-state index >= 15 is 0 Å². The quantitative estimate of drug-likeness (QED) is 0.904. The van der Waals surface area contributed by atoms with Crippen molar-refractivity contribution in [2.24, 2.45) is 0 Å². The number of hydrogen-bond donors (Lipinski definition) is 1. The van der Waals surface area contributed by atoms with E-state index in [2.05, 4.69) is 15.9 Å². The van der Waals surface area contributed by atoms with E-state index < -0.39 is 15.4 Å². The molecule has 0 saturated heterocycles. The predicted molar refractivity (Wildman–Crippen MR) is 70.4 cm³/mol. The monoisotopic (exact) mass is 326 g/mol. The first-order valence-corrected chi connectivity index (χ1v) is 8.34. The van der Waals surface area contributed by atoms with Crippen molar-refractivity contribution in [3.8, 4) is 0 Å². The van der Waals surface area contributed by atoms with Crippen LogP contribution in [0.5, 0.6) is 0 Å². The van der Waals surface area contributed by atoms with Crippen LogP contribution >= 0.6 is 27.3 Å². The standard InChI is InChI=1S/C10H15BrO3S2/c1-10(2,12)4-6-16(13,14)7-9-8(11)3-5-15-9/h3,5,12H,4,6-7H2,1-2H3. The number of thiophene rings is 1. The van der Waals surface area contributed by atoms with Gasteiger partial charge in [-0.1, -0.05) is 0 Å². The second kappa shape index (κ2) is 5.16. The predicted octanol–water partition coefficient (Wildman–Crippen LogP) is 2.59. The van der Waals surface area contributed by atoms with Crippen LogP contribution in [0.4, 0.5) is 0 Å². The fourth-order valence-corrected chi connectivity index (χ4v) is 4.89. The number of hydrogen-bond acceptors (Lipinski definition) is 4. The van der Waals surface area contributed by atoms with Crippen LogP contribution in [0.1, 0.15) is 25.1 Å². The maximum absolute atomic E-state index is 11.8. The van der Waals surface area contributed by atoms with Crippen molar-refractivity contribution in [3.05, 3.63) is 20.8 Å². The Hall–Kier alpha value is 0.0900. The molecule has 16 heavy (non-hydrogen) atoms. The first-order chi connectivity index (χ1) is 7.20. The molecule has 1 aromatic rings. The molecule has 0 atom stereocenters. The van der Waals surface area contributed by atoms with Gasteiger partial charge in [0.05, 0.1) is 17.1 Å². The first-order valence-electron chi connectivity index (χ1n) is 4.84. The van der Waals surface area contributed by atoms with E-state index in [-0.39, 0.29) is 17.9 Å². The van der Waals surface area contributed by atoms with Gasteiger partial charge in [0.1, 0.15) is 0 Å². The van der Waals surface area contributed by atoms with Gasteiger partial charge < -0.3 is 5.11 Å². The highest BCUT2D eigenvalue weighted by Crippen LogP contribution is 2.25. The Kier molecular flexibility index (Phi) is 4.57. The maximum atomic E-state index is 11.8. The average Bonchev–Trinajstić information content (AvgIpc) is 2.47.